The van der Waals surface area contributed by atoms with Crippen LogP contribution in [0.15, 0.2) is 18.2 Å². The molecule has 0 saturated heterocycles. The summed E-state index contributed by atoms with van der Waals surface area (Å²) in [5.41, 5.74) is 7.28. The smallest absolute Gasteiger partial charge is 0.254 e. The van der Waals surface area contributed by atoms with E-state index in [0.29, 0.717) is 23.0 Å². The summed E-state index contributed by atoms with van der Waals surface area (Å²) in [6, 6.07) is 5.58. The zero-order valence-electron chi connectivity index (χ0n) is 10.8. The van der Waals surface area contributed by atoms with E-state index in [2.05, 4.69) is 0 Å². The monoisotopic (exact) mass is 266 g/mol. The van der Waals surface area contributed by atoms with Crippen molar-refractivity contribution in [3.8, 4) is 0 Å². The third kappa shape index (κ3) is 2.52. The molecule has 98 valence electrons. The molecule has 0 heterocycles. The van der Waals surface area contributed by atoms with Crippen LogP contribution in [0.25, 0.3) is 0 Å². The molecule has 1 unspecified atom stereocenters. The minimum atomic E-state index is 0.0114. The predicted octanol–water partition coefficient (Wildman–Crippen LogP) is 2.46. The number of likely N-dealkylation sites (N-methyl/N-ethyl adjacent to an activating group) is 1. The predicted molar refractivity (Wildman–Crippen MR) is 73.8 cm³/mol. The number of carbonyl (C=O) groups is 1. The van der Waals surface area contributed by atoms with Crippen molar-refractivity contribution in [3.63, 3.8) is 0 Å². The molecule has 4 heteroatoms. The fraction of sp³-hybridized carbons (Fsp3) is 0.500. The number of benzene rings is 1. The van der Waals surface area contributed by atoms with Gasteiger partial charge in [-0.3, -0.25) is 4.79 Å². The van der Waals surface area contributed by atoms with Crippen molar-refractivity contribution in [2.75, 3.05) is 13.6 Å². The maximum atomic E-state index is 12.5. The number of amides is 1. The van der Waals surface area contributed by atoms with E-state index in [4.69, 9.17) is 17.3 Å². The zero-order chi connectivity index (χ0) is 13.3. The van der Waals surface area contributed by atoms with Gasteiger partial charge in [-0.25, -0.2) is 0 Å². The lowest BCUT2D eigenvalue weighted by Gasteiger charge is -2.27. The van der Waals surface area contributed by atoms with Gasteiger partial charge in [0.2, 0.25) is 0 Å². The molecule has 0 bridgehead atoms. The van der Waals surface area contributed by atoms with Crippen molar-refractivity contribution in [3.05, 3.63) is 34.3 Å². The number of rotatable bonds is 4. The number of halogens is 1. The lowest BCUT2D eigenvalue weighted by atomic mass is 10.1. The molecule has 1 fully saturated rings. The second-order valence-electron chi connectivity index (χ2n) is 4.97. The van der Waals surface area contributed by atoms with Crippen molar-refractivity contribution in [2.24, 2.45) is 11.7 Å². The highest BCUT2D eigenvalue weighted by atomic mass is 35.5. The molecule has 1 aromatic carbocycles. The van der Waals surface area contributed by atoms with E-state index in [1.807, 2.05) is 26.1 Å². The summed E-state index contributed by atoms with van der Waals surface area (Å²) >= 11 is 6.06. The summed E-state index contributed by atoms with van der Waals surface area (Å²) in [4.78, 5) is 14.2. The van der Waals surface area contributed by atoms with Gasteiger partial charge in [0.15, 0.2) is 0 Å². The van der Waals surface area contributed by atoms with Crippen molar-refractivity contribution in [1.29, 1.82) is 0 Å². The first-order valence-electron chi connectivity index (χ1n) is 6.28. The van der Waals surface area contributed by atoms with Gasteiger partial charge >= 0.3 is 0 Å². The van der Waals surface area contributed by atoms with E-state index in [-0.39, 0.29) is 11.9 Å². The normalized spacial score (nSPS) is 16.4. The van der Waals surface area contributed by atoms with Crippen molar-refractivity contribution in [1.82, 2.24) is 4.90 Å². The van der Waals surface area contributed by atoms with Gasteiger partial charge in [0.1, 0.15) is 0 Å². The van der Waals surface area contributed by atoms with Gasteiger partial charge in [0, 0.05) is 30.2 Å². The standard InChI is InChI=1S/C14H19ClN2O/c1-9-11(4-3-5-12(9)15)14(18)17(2)13(8-16)10-6-7-10/h3-5,10,13H,6-8,16H2,1-2H3. The first-order valence-corrected chi connectivity index (χ1v) is 6.66. The van der Waals surface area contributed by atoms with E-state index < -0.39 is 0 Å². The third-order valence-corrected chi connectivity index (χ3v) is 4.13. The van der Waals surface area contributed by atoms with Gasteiger partial charge in [-0.2, -0.15) is 0 Å². The number of nitrogens with two attached hydrogens (primary N) is 1. The average molecular weight is 267 g/mol. The second-order valence-corrected chi connectivity index (χ2v) is 5.38. The van der Waals surface area contributed by atoms with E-state index in [0.717, 1.165) is 5.56 Å². The molecular weight excluding hydrogens is 248 g/mol. The summed E-state index contributed by atoms with van der Waals surface area (Å²) in [5.74, 6) is 0.584. The third-order valence-electron chi connectivity index (χ3n) is 3.72. The molecule has 1 atom stereocenters. The SMILES string of the molecule is Cc1c(Cl)cccc1C(=O)N(C)C(CN)C1CC1. The lowest BCUT2D eigenvalue weighted by Crippen LogP contribution is -2.43. The molecule has 3 nitrogen and oxygen atoms in total. The van der Waals surface area contributed by atoms with E-state index in [1.54, 1.807) is 11.0 Å². The Morgan fingerprint density at radius 3 is 2.78 bits per heavy atom. The summed E-state index contributed by atoms with van der Waals surface area (Å²) < 4.78 is 0. The summed E-state index contributed by atoms with van der Waals surface area (Å²) in [6.07, 6.45) is 2.35. The second kappa shape index (κ2) is 5.29. The van der Waals surface area contributed by atoms with Gasteiger partial charge in [0.25, 0.3) is 5.91 Å². The Hall–Kier alpha value is -1.06. The zero-order valence-corrected chi connectivity index (χ0v) is 11.6. The molecule has 0 spiro atoms. The van der Waals surface area contributed by atoms with Crippen LogP contribution in [0.5, 0.6) is 0 Å². The largest absolute Gasteiger partial charge is 0.337 e. The van der Waals surface area contributed by atoms with Crippen LogP contribution in [0.1, 0.15) is 28.8 Å². The van der Waals surface area contributed by atoms with Crippen LogP contribution in [-0.2, 0) is 0 Å². The summed E-state index contributed by atoms with van der Waals surface area (Å²) in [7, 11) is 1.83. The van der Waals surface area contributed by atoms with Crippen LogP contribution in [0.3, 0.4) is 0 Å². The molecule has 0 aliphatic heterocycles. The number of carbonyl (C=O) groups excluding carboxylic acids is 1. The Labute approximate surface area is 113 Å². The highest BCUT2D eigenvalue weighted by Crippen LogP contribution is 2.35. The quantitative estimate of drug-likeness (QED) is 0.910. The van der Waals surface area contributed by atoms with Gasteiger partial charge in [-0.1, -0.05) is 17.7 Å². The van der Waals surface area contributed by atoms with E-state index >= 15 is 0 Å². The number of nitrogens with zero attached hydrogens (tertiary/aromatic N) is 1. The van der Waals surface area contributed by atoms with Crippen LogP contribution < -0.4 is 5.73 Å². The molecule has 1 aliphatic carbocycles. The number of hydrogen-bond donors (Lipinski definition) is 1. The molecule has 0 radical (unpaired) electrons. The summed E-state index contributed by atoms with van der Waals surface area (Å²) in [5, 5.41) is 0.630. The molecule has 2 N–H and O–H groups in total. The fourth-order valence-electron chi connectivity index (χ4n) is 2.33. The molecule has 1 saturated carbocycles. The lowest BCUT2D eigenvalue weighted by molar-refractivity contribution is 0.0718. The molecule has 1 aliphatic rings. The molecule has 2 rings (SSSR count). The Bertz CT molecular complexity index is 457. The molecule has 1 amide bonds. The highest BCUT2D eigenvalue weighted by Gasteiger charge is 2.35. The molecular formula is C14H19ClN2O. The van der Waals surface area contributed by atoms with Gasteiger partial charge in [-0.15, -0.1) is 0 Å². The van der Waals surface area contributed by atoms with Crippen LogP contribution in [0.2, 0.25) is 5.02 Å². The molecule has 0 aromatic heterocycles. The number of hydrogen-bond acceptors (Lipinski definition) is 2. The van der Waals surface area contributed by atoms with E-state index in [1.165, 1.54) is 12.8 Å². The minimum Gasteiger partial charge on any atom is -0.337 e. The molecule has 18 heavy (non-hydrogen) atoms. The van der Waals surface area contributed by atoms with Crippen LogP contribution in [0.4, 0.5) is 0 Å². The first-order chi connectivity index (χ1) is 8.56. The van der Waals surface area contributed by atoms with Gasteiger partial charge < -0.3 is 10.6 Å². The Morgan fingerprint density at radius 1 is 1.56 bits per heavy atom. The van der Waals surface area contributed by atoms with Crippen molar-refractivity contribution in [2.45, 2.75) is 25.8 Å². The fourth-order valence-corrected chi connectivity index (χ4v) is 2.50. The van der Waals surface area contributed by atoms with Crippen LogP contribution in [0, 0.1) is 12.8 Å². The molecule has 1 aromatic rings. The maximum Gasteiger partial charge on any atom is 0.254 e. The topological polar surface area (TPSA) is 46.3 Å². The average Bonchev–Trinajstić information content (AvgIpc) is 3.17. The Balaban J connectivity index is 2.22. The minimum absolute atomic E-state index is 0.0114. The van der Waals surface area contributed by atoms with Crippen molar-refractivity contribution >= 4 is 17.5 Å². The first kappa shape index (κ1) is 13.4. The maximum absolute atomic E-state index is 12.5. The Kier molecular flexibility index (Phi) is 3.93. The highest BCUT2D eigenvalue weighted by molar-refractivity contribution is 6.31. The van der Waals surface area contributed by atoms with Crippen molar-refractivity contribution < 1.29 is 4.79 Å². The van der Waals surface area contributed by atoms with Crippen LogP contribution >= 0.6 is 11.6 Å². The van der Waals surface area contributed by atoms with Gasteiger partial charge in [-0.05, 0) is 43.4 Å². The van der Waals surface area contributed by atoms with E-state index in [9.17, 15) is 4.79 Å². The van der Waals surface area contributed by atoms with Gasteiger partial charge in [0.05, 0.1) is 0 Å². The summed E-state index contributed by atoms with van der Waals surface area (Å²) in [6.45, 7) is 2.39. The van der Waals surface area contributed by atoms with Crippen LogP contribution in [-0.4, -0.2) is 30.4 Å². The Morgan fingerprint density at radius 2 is 2.22 bits per heavy atom.